The molecule has 1 aliphatic carbocycles. The first-order valence-corrected chi connectivity index (χ1v) is 7.23. The van der Waals surface area contributed by atoms with Crippen molar-refractivity contribution >= 4 is 17.5 Å². The predicted octanol–water partition coefficient (Wildman–Crippen LogP) is 3.01. The second-order valence-electron chi connectivity index (χ2n) is 4.95. The van der Waals surface area contributed by atoms with Gasteiger partial charge in [0.15, 0.2) is 5.69 Å². The Morgan fingerprint density at radius 1 is 1.38 bits per heavy atom. The first-order chi connectivity index (χ1) is 10.2. The third kappa shape index (κ3) is 3.76. The normalized spacial score (nSPS) is 14.0. The lowest BCUT2D eigenvalue weighted by Crippen LogP contribution is -2.28. The Labute approximate surface area is 127 Å². The SMILES string of the molecule is O=C(NCCOc1ccc(Cl)cc1)c1cc(C2CC2)on1. The van der Waals surface area contributed by atoms with Crippen LogP contribution in [0.15, 0.2) is 34.9 Å². The van der Waals surface area contributed by atoms with E-state index < -0.39 is 0 Å². The van der Waals surface area contributed by atoms with Crippen LogP contribution in [-0.2, 0) is 0 Å². The lowest BCUT2D eigenvalue weighted by atomic mass is 10.3. The van der Waals surface area contributed by atoms with Crippen LogP contribution in [-0.4, -0.2) is 24.2 Å². The smallest absolute Gasteiger partial charge is 0.273 e. The van der Waals surface area contributed by atoms with Crippen LogP contribution in [0.5, 0.6) is 5.75 Å². The molecular weight excluding hydrogens is 292 g/mol. The van der Waals surface area contributed by atoms with E-state index in [1.165, 1.54) is 0 Å². The summed E-state index contributed by atoms with van der Waals surface area (Å²) in [7, 11) is 0. The fourth-order valence-electron chi connectivity index (χ4n) is 1.91. The predicted molar refractivity (Wildman–Crippen MR) is 77.8 cm³/mol. The summed E-state index contributed by atoms with van der Waals surface area (Å²) in [5.41, 5.74) is 0.323. The number of ether oxygens (including phenoxy) is 1. The van der Waals surface area contributed by atoms with E-state index in [1.807, 2.05) is 0 Å². The lowest BCUT2D eigenvalue weighted by molar-refractivity contribution is 0.0938. The Morgan fingerprint density at radius 3 is 2.86 bits per heavy atom. The van der Waals surface area contributed by atoms with Crippen molar-refractivity contribution in [3.63, 3.8) is 0 Å². The highest BCUT2D eigenvalue weighted by Crippen LogP contribution is 2.40. The van der Waals surface area contributed by atoms with Crippen LogP contribution in [0.1, 0.15) is 35.0 Å². The molecule has 1 aliphatic rings. The minimum absolute atomic E-state index is 0.245. The van der Waals surface area contributed by atoms with Crippen molar-refractivity contribution in [1.82, 2.24) is 10.5 Å². The molecule has 2 aromatic rings. The number of hydrogen-bond acceptors (Lipinski definition) is 4. The zero-order valence-corrected chi connectivity index (χ0v) is 12.1. The van der Waals surface area contributed by atoms with Gasteiger partial charge in [-0.05, 0) is 37.1 Å². The van der Waals surface area contributed by atoms with Crippen LogP contribution in [0.25, 0.3) is 0 Å². The van der Waals surface area contributed by atoms with E-state index in [4.69, 9.17) is 20.9 Å². The van der Waals surface area contributed by atoms with Crippen LogP contribution in [0, 0.1) is 0 Å². The molecule has 0 bridgehead atoms. The molecule has 6 heteroatoms. The van der Waals surface area contributed by atoms with Gasteiger partial charge in [0, 0.05) is 17.0 Å². The van der Waals surface area contributed by atoms with E-state index in [9.17, 15) is 4.79 Å². The van der Waals surface area contributed by atoms with Crippen molar-refractivity contribution < 1.29 is 14.1 Å². The molecule has 1 amide bonds. The number of nitrogens with zero attached hydrogens (tertiary/aromatic N) is 1. The summed E-state index contributed by atoms with van der Waals surface area (Å²) in [5.74, 6) is 1.72. The summed E-state index contributed by atoms with van der Waals surface area (Å²) >= 11 is 5.78. The summed E-state index contributed by atoms with van der Waals surface area (Å²) in [6.45, 7) is 0.772. The number of benzene rings is 1. The highest BCUT2D eigenvalue weighted by molar-refractivity contribution is 6.30. The summed E-state index contributed by atoms with van der Waals surface area (Å²) < 4.78 is 10.6. The molecule has 1 saturated carbocycles. The highest BCUT2D eigenvalue weighted by atomic mass is 35.5. The van der Waals surface area contributed by atoms with Gasteiger partial charge in [-0.3, -0.25) is 4.79 Å². The molecule has 1 aromatic carbocycles. The van der Waals surface area contributed by atoms with Gasteiger partial charge in [0.25, 0.3) is 5.91 Å². The Hall–Kier alpha value is -2.01. The summed E-state index contributed by atoms with van der Waals surface area (Å²) in [4.78, 5) is 11.9. The Bertz CT molecular complexity index is 620. The molecule has 0 spiro atoms. The molecule has 0 atom stereocenters. The molecule has 110 valence electrons. The van der Waals surface area contributed by atoms with Crippen molar-refractivity contribution in [3.05, 3.63) is 46.8 Å². The fourth-order valence-corrected chi connectivity index (χ4v) is 2.04. The molecule has 1 aromatic heterocycles. The topological polar surface area (TPSA) is 64.4 Å². The largest absolute Gasteiger partial charge is 0.492 e. The van der Waals surface area contributed by atoms with Gasteiger partial charge in [-0.25, -0.2) is 0 Å². The van der Waals surface area contributed by atoms with Gasteiger partial charge in [-0.2, -0.15) is 0 Å². The van der Waals surface area contributed by atoms with Crippen LogP contribution in [0.3, 0.4) is 0 Å². The maximum Gasteiger partial charge on any atom is 0.273 e. The van der Waals surface area contributed by atoms with Crippen molar-refractivity contribution in [3.8, 4) is 5.75 Å². The van der Waals surface area contributed by atoms with E-state index >= 15 is 0 Å². The number of aromatic nitrogens is 1. The number of carbonyl (C=O) groups is 1. The van der Waals surface area contributed by atoms with Gasteiger partial charge in [-0.15, -0.1) is 0 Å². The van der Waals surface area contributed by atoms with Gasteiger partial charge in [0.1, 0.15) is 18.1 Å². The summed E-state index contributed by atoms with van der Waals surface area (Å²) in [6, 6.07) is 8.79. The first kappa shape index (κ1) is 13.9. The summed E-state index contributed by atoms with van der Waals surface area (Å²) in [5, 5.41) is 7.18. The van der Waals surface area contributed by atoms with Crippen molar-refractivity contribution in [1.29, 1.82) is 0 Å². The number of rotatable bonds is 6. The van der Waals surface area contributed by atoms with E-state index in [1.54, 1.807) is 30.3 Å². The van der Waals surface area contributed by atoms with Gasteiger partial charge < -0.3 is 14.6 Å². The van der Waals surface area contributed by atoms with Crippen LogP contribution >= 0.6 is 11.6 Å². The van der Waals surface area contributed by atoms with E-state index in [-0.39, 0.29) is 5.91 Å². The van der Waals surface area contributed by atoms with E-state index in [0.717, 1.165) is 18.6 Å². The van der Waals surface area contributed by atoms with Crippen LogP contribution in [0.4, 0.5) is 0 Å². The molecule has 0 radical (unpaired) electrons. The number of hydrogen-bond donors (Lipinski definition) is 1. The molecule has 0 aliphatic heterocycles. The third-order valence-electron chi connectivity index (χ3n) is 3.21. The zero-order valence-electron chi connectivity index (χ0n) is 11.3. The number of nitrogens with one attached hydrogen (secondary N) is 1. The second kappa shape index (κ2) is 6.18. The molecule has 5 nitrogen and oxygen atoms in total. The van der Waals surface area contributed by atoms with Crippen LogP contribution in [0.2, 0.25) is 5.02 Å². The van der Waals surface area contributed by atoms with Crippen molar-refractivity contribution in [2.24, 2.45) is 0 Å². The monoisotopic (exact) mass is 306 g/mol. The van der Waals surface area contributed by atoms with Crippen LogP contribution < -0.4 is 10.1 Å². The first-order valence-electron chi connectivity index (χ1n) is 6.85. The van der Waals surface area contributed by atoms with Gasteiger partial charge in [0.2, 0.25) is 0 Å². The van der Waals surface area contributed by atoms with Gasteiger partial charge in [0.05, 0.1) is 6.54 Å². The zero-order chi connectivity index (χ0) is 14.7. The molecule has 3 rings (SSSR count). The minimum atomic E-state index is -0.245. The third-order valence-corrected chi connectivity index (χ3v) is 3.46. The molecule has 21 heavy (non-hydrogen) atoms. The van der Waals surface area contributed by atoms with Gasteiger partial charge >= 0.3 is 0 Å². The minimum Gasteiger partial charge on any atom is -0.492 e. The molecular formula is C15H15ClN2O3. The molecule has 1 N–H and O–H groups in total. The quantitative estimate of drug-likeness (QED) is 0.833. The number of halogens is 1. The molecule has 1 fully saturated rings. The summed E-state index contributed by atoms with van der Waals surface area (Å²) in [6.07, 6.45) is 2.23. The molecule has 1 heterocycles. The maximum atomic E-state index is 11.9. The second-order valence-corrected chi connectivity index (χ2v) is 5.38. The Balaban J connectivity index is 1.41. The molecule has 0 saturated heterocycles. The number of amides is 1. The van der Waals surface area contributed by atoms with E-state index in [2.05, 4.69) is 10.5 Å². The van der Waals surface area contributed by atoms with E-state index in [0.29, 0.717) is 35.5 Å². The van der Waals surface area contributed by atoms with Gasteiger partial charge in [-0.1, -0.05) is 16.8 Å². The average Bonchev–Trinajstić information content (AvgIpc) is 3.22. The standard InChI is InChI=1S/C15H15ClN2O3/c16-11-3-5-12(6-4-11)20-8-7-17-15(19)13-9-14(21-18-13)10-1-2-10/h3-6,9-10H,1-2,7-8H2,(H,17,19). The Morgan fingerprint density at radius 2 is 2.14 bits per heavy atom. The Kier molecular flexibility index (Phi) is 4.10. The van der Waals surface area contributed by atoms with Crippen molar-refractivity contribution in [2.45, 2.75) is 18.8 Å². The van der Waals surface area contributed by atoms with Crippen molar-refractivity contribution in [2.75, 3.05) is 13.2 Å². The lowest BCUT2D eigenvalue weighted by Gasteiger charge is -2.06. The number of carbonyl (C=O) groups excluding carboxylic acids is 1. The highest BCUT2D eigenvalue weighted by Gasteiger charge is 2.28. The fraction of sp³-hybridized carbons (Fsp3) is 0.333. The maximum absolute atomic E-state index is 11.9. The molecule has 0 unspecified atom stereocenters. The average molecular weight is 307 g/mol.